The van der Waals surface area contributed by atoms with Crippen LogP contribution in [-0.2, 0) is 4.74 Å². The summed E-state index contributed by atoms with van der Waals surface area (Å²) in [7, 11) is 1.73. The van der Waals surface area contributed by atoms with Gasteiger partial charge in [-0.15, -0.1) is 10.2 Å². The number of nitrogens with zero attached hydrogens (tertiary/aromatic N) is 3. The number of halogens is 2. The van der Waals surface area contributed by atoms with Crippen molar-refractivity contribution in [2.45, 2.75) is 18.9 Å². The zero-order chi connectivity index (χ0) is 11.5. The molecular formula is C10H13Cl2N3O. The van der Waals surface area contributed by atoms with Crippen LogP contribution in [0.25, 0.3) is 0 Å². The number of ether oxygens (including phenoxy) is 1. The van der Waals surface area contributed by atoms with Crippen LogP contribution in [-0.4, -0.2) is 36.5 Å². The van der Waals surface area contributed by atoms with E-state index in [9.17, 15) is 0 Å². The van der Waals surface area contributed by atoms with Gasteiger partial charge < -0.3 is 9.64 Å². The van der Waals surface area contributed by atoms with E-state index >= 15 is 0 Å². The Balaban J connectivity index is 2.19. The summed E-state index contributed by atoms with van der Waals surface area (Å²) in [4.78, 5) is 2.14. The topological polar surface area (TPSA) is 38.2 Å². The molecule has 2 heterocycles. The zero-order valence-electron chi connectivity index (χ0n) is 8.99. The number of hydrogen-bond acceptors (Lipinski definition) is 4. The molecular weight excluding hydrogens is 249 g/mol. The minimum Gasteiger partial charge on any atom is -0.380 e. The predicted octanol–water partition coefficient (Wildman–Crippen LogP) is 2.40. The third-order valence-electron chi connectivity index (χ3n) is 2.75. The Morgan fingerprint density at radius 2 is 2.25 bits per heavy atom. The third kappa shape index (κ3) is 2.56. The summed E-state index contributed by atoms with van der Waals surface area (Å²) in [5.41, 5.74) is 0.836. The number of rotatable bonds is 2. The predicted molar refractivity (Wildman–Crippen MR) is 64.3 cm³/mol. The lowest BCUT2D eigenvalue weighted by atomic mass is 10.1. The van der Waals surface area contributed by atoms with E-state index in [-0.39, 0.29) is 6.10 Å². The van der Waals surface area contributed by atoms with Gasteiger partial charge in [0.05, 0.1) is 11.8 Å². The van der Waals surface area contributed by atoms with Crippen molar-refractivity contribution in [2.75, 3.05) is 25.1 Å². The van der Waals surface area contributed by atoms with Gasteiger partial charge in [-0.05, 0) is 12.8 Å². The van der Waals surface area contributed by atoms with E-state index in [2.05, 4.69) is 15.1 Å². The van der Waals surface area contributed by atoms with Crippen LogP contribution >= 0.6 is 23.2 Å². The van der Waals surface area contributed by atoms with Gasteiger partial charge in [0.1, 0.15) is 0 Å². The number of anilines is 1. The standard InChI is InChI=1S/C10H13Cl2N3O/c1-16-7-3-2-4-15(6-7)8-5-9(11)13-14-10(8)12/h5,7H,2-4,6H2,1H3. The summed E-state index contributed by atoms with van der Waals surface area (Å²) < 4.78 is 5.36. The average Bonchev–Trinajstić information content (AvgIpc) is 2.32. The molecule has 0 radical (unpaired) electrons. The molecule has 1 saturated heterocycles. The van der Waals surface area contributed by atoms with Gasteiger partial charge in [0.15, 0.2) is 10.3 Å². The van der Waals surface area contributed by atoms with Crippen molar-refractivity contribution in [3.63, 3.8) is 0 Å². The monoisotopic (exact) mass is 261 g/mol. The van der Waals surface area contributed by atoms with Crippen molar-refractivity contribution in [3.8, 4) is 0 Å². The number of hydrogen-bond donors (Lipinski definition) is 0. The van der Waals surface area contributed by atoms with E-state index in [0.29, 0.717) is 10.3 Å². The average molecular weight is 262 g/mol. The molecule has 88 valence electrons. The maximum atomic E-state index is 6.01. The number of methoxy groups -OCH3 is 1. The van der Waals surface area contributed by atoms with Crippen molar-refractivity contribution >= 4 is 28.9 Å². The first kappa shape index (κ1) is 11.9. The van der Waals surface area contributed by atoms with Gasteiger partial charge in [-0.2, -0.15) is 0 Å². The summed E-state index contributed by atoms with van der Waals surface area (Å²) in [6.07, 6.45) is 2.41. The van der Waals surface area contributed by atoms with Crippen molar-refractivity contribution in [2.24, 2.45) is 0 Å². The number of aromatic nitrogens is 2. The fourth-order valence-corrected chi connectivity index (χ4v) is 2.27. The van der Waals surface area contributed by atoms with E-state index in [0.717, 1.165) is 31.6 Å². The molecule has 0 aromatic carbocycles. The Labute approximate surface area is 105 Å². The molecule has 0 saturated carbocycles. The smallest absolute Gasteiger partial charge is 0.175 e. The molecule has 1 unspecified atom stereocenters. The van der Waals surface area contributed by atoms with Crippen LogP contribution in [0.4, 0.5) is 5.69 Å². The lowest BCUT2D eigenvalue weighted by Crippen LogP contribution is -2.39. The maximum absolute atomic E-state index is 6.01. The molecule has 0 amide bonds. The highest BCUT2D eigenvalue weighted by Gasteiger charge is 2.22. The Hall–Kier alpha value is -0.580. The molecule has 6 heteroatoms. The molecule has 4 nitrogen and oxygen atoms in total. The summed E-state index contributed by atoms with van der Waals surface area (Å²) in [5.74, 6) is 0. The summed E-state index contributed by atoms with van der Waals surface area (Å²) >= 11 is 11.8. The highest BCUT2D eigenvalue weighted by atomic mass is 35.5. The molecule has 16 heavy (non-hydrogen) atoms. The SMILES string of the molecule is COC1CCCN(c2cc(Cl)nnc2Cl)C1. The quantitative estimate of drug-likeness (QED) is 0.820. The van der Waals surface area contributed by atoms with E-state index in [4.69, 9.17) is 27.9 Å². The fraction of sp³-hybridized carbons (Fsp3) is 0.600. The van der Waals surface area contributed by atoms with E-state index in [1.54, 1.807) is 13.2 Å². The summed E-state index contributed by atoms with van der Waals surface area (Å²) in [6.45, 7) is 1.76. The lowest BCUT2D eigenvalue weighted by molar-refractivity contribution is 0.0893. The van der Waals surface area contributed by atoms with E-state index in [1.807, 2.05) is 0 Å². The first-order valence-electron chi connectivity index (χ1n) is 5.17. The largest absolute Gasteiger partial charge is 0.380 e. The molecule has 1 atom stereocenters. The van der Waals surface area contributed by atoms with Gasteiger partial charge in [0.25, 0.3) is 0 Å². The molecule has 1 aromatic heterocycles. The maximum Gasteiger partial charge on any atom is 0.175 e. The van der Waals surface area contributed by atoms with Gasteiger partial charge in [-0.3, -0.25) is 0 Å². The zero-order valence-corrected chi connectivity index (χ0v) is 10.5. The van der Waals surface area contributed by atoms with Crippen molar-refractivity contribution in [1.29, 1.82) is 0 Å². The van der Waals surface area contributed by atoms with Crippen molar-refractivity contribution < 1.29 is 4.74 Å². The second-order valence-corrected chi connectivity index (χ2v) is 4.53. The van der Waals surface area contributed by atoms with Crippen LogP contribution in [0.1, 0.15) is 12.8 Å². The van der Waals surface area contributed by atoms with Crippen LogP contribution in [0.15, 0.2) is 6.07 Å². The summed E-state index contributed by atoms with van der Waals surface area (Å²) in [6, 6.07) is 1.74. The van der Waals surface area contributed by atoms with Gasteiger partial charge in [-0.1, -0.05) is 23.2 Å². The van der Waals surface area contributed by atoms with Crippen molar-refractivity contribution in [3.05, 3.63) is 16.4 Å². The van der Waals surface area contributed by atoms with Gasteiger partial charge >= 0.3 is 0 Å². The molecule has 1 aliphatic rings. The Morgan fingerprint density at radius 3 is 3.00 bits per heavy atom. The van der Waals surface area contributed by atoms with Crippen LogP contribution in [0, 0.1) is 0 Å². The van der Waals surface area contributed by atoms with Crippen molar-refractivity contribution in [1.82, 2.24) is 10.2 Å². The lowest BCUT2D eigenvalue weighted by Gasteiger charge is -2.33. The molecule has 1 fully saturated rings. The second-order valence-electron chi connectivity index (χ2n) is 3.79. The molecule has 0 bridgehead atoms. The minimum absolute atomic E-state index is 0.247. The third-order valence-corrected chi connectivity index (χ3v) is 3.21. The normalized spacial score (nSPS) is 21.2. The van der Waals surface area contributed by atoms with Crippen LogP contribution in [0.2, 0.25) is 10.3 Å². The van der Waals surface area contributed by atoms with Gasteiger partial charge in [0, 0.05) is 26.3 Å². The molecule has 0 aliphatic carbocycles. The van der Waals surface area contributed by atoms with Crippen LogP contribution < -0.4 is 4.90 Å². The van der Waals surface area contributed by atoms with Crippen LogP contribution in [0.3, 0.4) is 0 Å². The number of piperidine rings is 1. The highest BCUT2D eigenvalue weighted by Crippen LogP contribution is 2.28. The highest BCUT2D eigenvalue weighted by molar-refractivity contribution is 6.33. The molecule has 1 aromatic rings. The molecule has 0 N–H and O–H groups in total. The molecule has 1 aliphatic heterocycles. The Kier molecular flexibility index (Phi) is 3.84. The van der Waals surface area contributed by atoms with Crippen LogP contribution in [0.5, 0.6) is 0 Å². The molecule has 2 rings (SSSR count). The Bertz CT molecular complexity index is 375. The van der Waals surface area contributed by atoms with Gasteiger partial charge in [-0.25, -0.2) is 0 Å². The summed E-state index contributed by atoms with van der Waals surface area (Å²) in [5, 5.41) is 8.25. The fourth-order valence-electron chi connectivity index (χ4n) is 1.92. The minimum atomic E-state index is 0.247. The van der Waals surface area contributed by atoms with Gasteiger partial charge in [0.2, 0.25) is 0 Å². The first-order chi connectivity index (χ1) is 7.70. The first-order valence-corrected chi connectivity index (χ1v) is 5.92. The van der Waals surface area contributed by atoms with E-state index < -0.39 is 0 Å². The van der Waals surface area contributed by atoms with E-state index in [1.165, 1.54) is 0 Å². The Morgan fingerprint density at radius 1 is 1.44 bits per heavy atom. The second kappa shape index (κ2) is 5.17. The molecule has 0 spiro atoms.